The van der Waals surface area contributed by atoms with Gasteiger partial charge in [0.1, 0.15) is 24.4 Å². The van der Waals surface area contributed by atoms with Crippen molar-refractivity contribution in [3.8, 4) is 5.75 Å². The lowest BCUT2D eigenvalue weighted by molar-refractivity contribution is 0.102. The van der Waals surface area contributed by atoms with Gasteiger partial charge in [-0.05, 0) is 31.2 Å². The maximum atomic E-state index is 12.2. The van der Waals surface area contributed by atoms with Crippen molar-refractivity contribution in [1.29, 1.82) is 0 Å². The Kier molecular flexibility index (Phi) is 6.46. The zero-order chi connectivity index (χ0) is 16.7. The number of rotatable bonds is 8. The molecule has 0 saturated carbocycles. The molecule has 0 unspecified atom stereocenters. The molecule has 0 fully saturated rings. The lowest BCUT2D eigenvalue weighted by Crippen LogP contribution is -2.13. The van der Waals surface area contributed by atoms with Gasteiger partial charge in [0.2, 0.25) is 0 Å². The fourth-order valence-corrected chi connectivity index (χ4v) is 2.05. The van der Waals surface area contributed by atoms with Crippen LogP contribution in [0.25, 0.3) is 0 Å². The molecule has 2 aromatic rings. The first kappa shape index (κ1) is 17.3. The van der Waals surface area contributed by atoms with E-state index in [1.807, 2.05) is 6.92 Å². The second kappa shape index (κ2) is 8.57. The number of nitrogens with two attached hydrogens (primary N) is 1. The lowest BCUT2D eigenvalue weighted by Gasteiger charge is -2.12. The summed E-state index contributed by atoms with van der Waals surface area (Å²) in [6, 6.07) is 6.61. The van der Waals surface area contributed by atoms with Gasteiger partial charge in [-0.3, -0.25) is 4.79 Å². The van der Waals surface area contributed by atoms with E-state index in [0.29, 0.717) is 47.6 Å². The van der Waals surface area contributed by atoms with Crippen molar-refractivity contribution in [3.63, 3.8) is 0 Å². The van der Waals surface area contributed by atoms with Crippen LogP contribution in [0.5, 0.6) is 5.75 Å². The van der Waals surface area contributed by atoms with Crippen molar-refractivity contribution in [1.82, 2.24) is 0 Å². The third-order valence-corrected chi connectivity index (χ3v) is 3.23. The predicted octanol–water partition coefficient (Wildman–Crippen LogP) is 3.06. The van der Waals surface area contributed by atoms with Crippen molar-refractivity contribution >= 4 is 23.2 Å². The number of furan rings is 1. The van der Waals surface area contributed by atoms with E-state index in [2.05, 4.69) is 5.32 Å². The van der Waals surface area contributed by atoms with Crippen molar-refractivity contribution in [2.24, 2.45) is 5.73 Å². The molecule has 0 spiro atoms. The van der Waals surface area contributed by atoms with Gasteiger partial charge in [-0.15, -0.1) is 0 Å². The molecule has 0 radical (unpaired) electrons. The Balaban J connectivity index is 2.07. The zero-order valence-electron chi connectivity index (χ0n) is 12.8. The molecule has 1 aromatic heterocycles. The molecule has 3 N–H and O–H groups in total. The van der Waals surface area contributed by atoms with E-state index in [1.54, 1.807) is 24.3 Å². The molecule has 0 bridgehead atoms. The first-order valence-electron chi connectivity index (χ1n) is 7.23. The minimum absolute atomic E-state index is 0.232. The van der Waals surface area contributed by atoms with Gasteiger partial charge in [0, 0.05) is 11.6 Å². The highest BCUT2D eigenvalue weighted by Gasteiger charge is 2.13. The summed E-state index contributed by atoms with van der Waals surface area (Å²) in [4.78, 5) is 12.2. The van der Waals surface area contributed by atoms with Crippen molar-refractivity contribution < 1.29 is 18.7 Å². The first-order chi connectivity index (χ1) is 11.1. The summed E-state index contributed by atoms with van der Waals surface area (Å²) < 4.78 is 16.0. The fourth-order valence-electron chi connectivity index (χ4n) is 1.88. The highest BCUT2D eigenvalue weighted by molar-refractivity contribution is 6.31. The van der Waals surface area contributed by atoms with Crippen molar-refractivity contribution in [2.75, 3.05) is 25.1 Å². The second-order valence-corrected chi connectivity index (χ2v) is 5.08. The number of nitrogens with one attached hydrogen (secondary N) is 1. The van der Waals surface area contributed by atoms with Gasteiger partial charge in [-0.1, -0.05) is 11.6 Å². The van der Waals surface area contributed by atoms with Crippen LogP contribution in [0, 0.1) is 0 Å². The number of ether oxygens (including phenoxy) is 2. The van der Waals surface area contributed by atoms with Gasteiger partial charge in [-0.2, -0.15) is 0 Å². The van der Waals surface area contributed by atoms with E-state index >= 15 is 0 Å². The molecule has 23 heavy (non-hydrogen) atoms. The minimum Gasteiger partial charge on any atom is -0.489 e. The maximum absolute atomic E-state index is 12.2. The van der Waals surface area contributed by atoms with Crippen LogP contribution < -0.4 is 15.8 Å². The molecule has 0 saturated heterocycles. The quantitative estimate of drug-likeness (QED) is 0.722. The van der Waals surface area contributed by atoms with E-state index < -0.39 is 0 Å². The number of anilines is 1. The number of halogens is 1. The van der Waals surface area contributed by atoms with Gasteiger partial charge in [0.05, 0.1) is 24.4 Å². The normalized spacial score (nSPS) is 10.6. The summed E-state index contributed by atoms with van der Waals surface area (Å²) in [7, 11) is 0. The number of carbonyl (C=O) groups is 1. The Bertz CT molecular complexity index is 657. The van der Waals surface area contributed by atoms with Crippen LogP contribution in [0.3, 0.4) is 0 Å². The van der Waals surface area contributed by atoms with Crippen LogP contribution in [-0.4, -0.2) is 25.7 Å². The topological polar surface area (TPSA) is 86.7 Å². The number of benzene rings is 1. The summed E-state index contributed by atoms with van der Waals surface area (Å²) in [6.45, 7) is 3.61. The lowest BCUT2D eigenvalue weighted by atomic mass is 10.2. The van der Waals surface area contributed by atoms with E-state index in [0.717, 1.165) is 0 Å². The van der Waals surface area contributed by atoms with Crippen LogP contribution in [0.15, 0.2) is 34.9 Å². The van der Waals surface area contributed by atoms with Crippen molar-refractivity contribution in [3.05, 3.63) is 46.9 Å². The fraction of sp³-hybridized carbons (Fsp3) is 0.312. The minimum atomic E-state index is -0.328. The molecule has 1 heterocycles. The SMILES string of the molecule is CCOCCOc1ccc(Cl)cc1NC(=O)c1coc(CN)c1. The highest BCUT2D eigenvalue weighted by atomic mass is 35.5. The van der Waals surface area contributed by atoms with Crippen LogP contribution in [0.4, 0.5) is 5.69 Å². The number of carbonyl (C=O) groups excluding carboxylic acids is 1. The number of hydrogen-bond donors (Lipinski definition) is 2. The maximum Gasteiger partial charge on any atom is 0.259 e. The average Bonchev–Trinajstić information content (AvgIpc) is 3.02. The second-order valence-electron chi connectivity index (χ2n) is 4.65. The molecular weight excluding hydrogens is 320 g/mol. The summed E-state index contributed by atoms with van der Waals surface area (Å²) in [6.07, 6.45) is 1.36. The van der Waals surface area contributed by atoms with Gasteiger partial charge >= 0.3 is 0 Å². The van der Waals surface area contributed by atoms with Crippen LogP contribution in [-0.2, 0) is 11.3 Å². The third kappa shape index (κ3) is 4.99. The van der Waals surface area contributed by atoms with E-state index in [4.69, 9.17) is 31.2 Å². The Morgan fingerprint density at radius 1 is 1.35 bits per heavy atom. The van der Waals surface area contributed by atoms with Gasteiger partial charge in [0.15, 0.2) is 0 Å². The van der Waals surface area contributed by atoms with Gasteiger partial charge in [-0.25, -0.2) is 0 Å². The molecule has 1 aromatic carbocycles. The van der Waals surface area contributed by atoms with E-state index in [9.17, 15) is 4.79 Å². The molecule has 6 nitrogen and oxygen atoms in total. The van der Waals surface area contributed by atoms with Crippen LogP contribution in [0.1, 0.15) is 23.0 Å². The van der Waals surface area contributed by atoms with Crippen LogP contribution >= 0.6 is 11.6 Å². The monoisotopic (exact) mass is 338 g/mol. The largest absolute Gasteiger partial charge is 0.489 e. The first-order valence-corrected chi connectivity index (χ1v) is 7.60. The molecule has 0 aliphatic heterocycles. The zero-order valence-corrected chi connectivity index (χ0v) is 13.6. The van der Waals surface area contributed by atoms with Gasteiger partial charge < -0.3 is 24.9 Å². The molecule has 0 aliphatic carbocycles. The molecule has 2 rings (SSSR count). The molecule has 0 aliphatic rings. The molecule has 1 amide bonds. The van der Waals surface area contributed by atoms with Gasteiger partial charge in [0.25, 0.3) is 5.91 Å². The Morgan fingerprint density at radius 2 is 2.17 bits per heavy atom. The Labute approximate surface area is 139 Å². The summed E-state index contributed by atoms with van der Waals surface area (Å²) in [5.74, 6) is 0.727. The summed E-state index contributed by atoms with van der Waals surface area (Å²) in [5, 5.41) is 3.25. The highest BCUT2D eigenvalue weighted by Crippen LogP contribution is 2.28. The van der Waals surface area contributed by atoms with Crippen molar-refractivity contribution in [2.45, 2.75) is 13.5 Å². The predicted molar refractivity (Wildman–Crippen MR) is 88.0 cm³/mol. The number of amides is 1. The standard InChI is InChI=1S/C16H19ClN2O4/c1-2-21-5-6-22-15-4-3-12(17)8-14(15)19-16(20)11-7-13(9-18)23-10-11/h3-4,7-8,10H,2,5-6,9,18H2,1H3,(H,19,20). The van der Waals surface area contributed by atoms with E-state index in [1.165, 1.54) is 6.26 Å². The Morgan fingerprint density at radius 3 is 2.87 bits per heavy atom. The summed E-state index contributed by atoms with van der Waals surface area (Å²) >= 11 is 5.99. The molecule has 0 atom stereocenters. The molecule has 124 valence electrons. The smallest absolute Gasteiger partial charge is 0.259 e. The van der Waals surface area contributed by atoms with Crippen LogP contribution in [0.2, 0.25) is 5.02 Å². The Hall–Kier alpha value is -2.02. The molecular formula is C16H19ClN2O4. The third-order valence-electron chi connectivity index (χ3n) is 3.00. The molecule has 7 heteroatoms. The average molecular weight is 339 g/mol. The van der Waals surface area contributed by atoms with E-state index in [-0.39, 0.29) is 12.5 Å². The summed E-state index contributed by atoms with van der Waals surface area (Å²) in [5.41, 5.74) is 6.33. The number of hydrogen-bond acceptors (Lipinski definition) is 5.